The minimum absolute atomic E-state index is 0.120. The van der Waals surface area contributed by atoms with E-state index in [1.807, 2.05) is 0 Å². The van der Waals surface area contributed by atoms with E-state index in [1.54, 1.807) is 31.4 Å². The summed E-state index contributed by atoms with van der Waals surface area (Å²) in [5, 5.41) is 0. The van der Waals surface area contributed by atoms with Gasteiger partial charge in [0, 0.05) is 0 Å². The maximum absolute atomic E-state index is 12.5. The number of carbonyl (C=O) groups is 1. The quantitative estimate of drug-likeness (QED) is 0.777. The molecule has 1 aromatic carbocycles. The van der Waals surface area contributed by atoms with E-state index in [2.05, 4.69) is 0 Å². The van der Waals surface area contributed by atoms with Crippen molar-refractivity contribution in [3.63, 3.8) is 0 Å². The van der Waals surface area contributed by atoms with E-state index in [9.17, 15) is 13.2 Å². The van der Waals surface area contributed by atoms with Crippen molar-refractivity contribution in [1.82, 2.24) is 0 Å². The van der Waals surface area contributed by atoms with Crippen molar-refractivity contribution in [2.75, 3.05) is 12.9 Å². The molecule has 0 bridgehead atoms. The van der Waals surface area contributed by atoms with Gasteiger partial charge in [0.05, 0.1) is 11.5 Å². The van der Waals surface area contributed by atoms with Crippen LogP contribution < -0.4 is 0 Å². The number of ether oxygens (including phenoxy) is 1. The standard InChI is InChI=1S/C12H16O4S2/c1-4-16-11(13)12(2,17-3)18(14,15)10-8-6-5-7-9-10/h5-9H,4H2,1-3H3. The lowest BCUT2D eigenvalue weighted by atomic mass is 10.4. The summed E-state index contributed by atoms with van der Waals surface area (Å²) in [4.78, 5) is 12.0. The number of esters is 1. The number of benzene rings is 1. The molecule has 0 saturated carbocycles. The number of hydrogen-bond acceptors (Lipinski definition) is 5. The summed E-state index contributed by atoms with van der Waals surface area (Å²) in [5.41, 5.74) is 0. The van der Waals surface area contributed by atoms with E-state index in [1.165, 1.54) is 19.1 Å². The molecule has 1 unspecified atom stereocenters. The van der Waals surface area contributed by atoms with Gasteiger partial charge in [0.2, 0.25) is 13.9 Å². The average molecular weight is 288 g/mol. The Morgan fingerprint density at radius 2 is 1.89 bits per heavy atom. The van der Waals surface area contributed by atoms with Crippen molar-refractivity contribution in [1.29, 1.82) is 0 Å². The zero-order valence-corrected chi connectivity index (χ0v) is 12.2. The Kier molecular flexibility index (Phi) is 4.81. The molecule has 0 amide bonds. The molecule has 0 N–H and O–H groups in total. The average Bonchev–Trinajstić information content (AvgIpc) is 2.38. The number of sulfone groups is 1. The number of rotatable bonds is 5. The van der Waals surface area contributed by atoms with Gasteiger partial charge in [-0.25, -0.2) is 13.2 Å². The van der Waals surface area contributed by atoms with Gasteiger partial charge in [0.25, 0.3) is 0 Å². The molecule has 1 rings (SSSR count). The lowest BCUT2D eigenvalue weighted by molar-refractivity contribution is -0.143. The molecule has 0 fully saturated rings. The number of thioether (sulfide) groups is 1. The Balaban J connectivity index is 3.28. The second kappa shape index (κ2) is 5.75. The number of hydrogen-bond donors (Lipinski definition) is 0. The van der Waals surface area contributed by atoms with Crippen LogP contribution in [0.3, 0.4) is 0 Å². The van der Waals surface area contributed by atoms with Crippen molar-refractivity contribution in [2.45, 2.75) is 22.8 Å². The molecule has 6 heteroatoms. The van der Waals surface area contributed by atoms with Gasteiger partial charge in [0.15, 0.2) is 0 Å². The minimum atomic E-state index is -3.78. The molecule has 0 radical (unpaired) electrons. The summed E-state index contributed by atoms with van der Waals surface area (Å²) in [5.74, 6) is -0.735. The van der Waals surface area contributed by atoms with Gasteiger partial charge < -0.3 is 4.74 Å². The third-order valence-electron chi connectivity index (χ3n) is 2.60. The van der Waals surface area contributed by atoms with Crippen LogP contribution >= 0.6 is 11.8 Å². The second-order valence-corrected chi connectivity index (χ2v) is 7.46. The largest absolute Gasteiger partial charge is 0.464 e. The van der Waals surface area contributed by atoms with E-state index in [4.69, 9.17) is 4.74 Å². The van der Waals surface area contributed by atoms with Crippen LogP contribution in [0.5, 0.6) is 0 Å². The van der Waals surface area contributed by atoms with E-state index in [0.29, 0.717) is 0 Å². The first-order valence-corrected chi connectivity index (χ1v) is 8.13. The van der Waals surface area contributed by atoms with Crippen LogP contribution in [0.25, 0.3) is 0 Å². The Bertz CT molecular complexity index is 510. The smallest absolute Gasteiger partial charge is 0.337 e. The van der Waals surface area contributed by atoms with Crippen LogP contribution in [-0.4, -0.2) is 31.3 Å². The van der Waals surface area contributed by atoms with Crippen LogP contribution in [0.2, 0.25) is 0 Å². The number of carbonyl (C=O) groups excluding carboxylic acids is 1. The van der Waals surface area contributed by atoms with Crippen molar-refractivity contribution in [3.05, 3.63) is 30.3 Å². The highest BCUT2D eigenvalue weighted by molar-refractivity contribution is 8.15. The molecule has 100 valence electrons. The third-order valence-corrected chi connectivity index (χ3v) is 6.79. The van der Waals surface area contributed by atoms with Gasteiger partial charge in [0.1, 0.15) is 0 Å². The van der Waals surface area contributed by atoms with Gasteiger partial charge in [-0.2, -0.15) is 0 Å². The first-order chi connectivity index (χ1) is 8.40. The van der Waals surface area contributed by atoms with Gasteiger partial charge in [-0.05, 0) is 32.2 Å². The summed E-state index contributed by atoms with van der Waals surface area (Å²) in [6, 6.07) is 7.92. The summed E-state index contributed by atoms with van der Waals surface area (Å²) >= 11 is 0.960. The molecule has 0 heterocycles. The van der Waals surface area contributed by atoms with Crippen LogP contribution in [0.1, 0.15) is 13.8 Å². The molecule has 1 atom stereocenters. The second-order valence-electron chi connectivity index (χ2n) is 3.69. The molecule has 0 saturated heterocycles. The molecular weight excluding hydrogens is 272 g/mol. The molecule has 0 aliphatic carbocycles. The van der Waals surface area contributed by atoms with E-state index < -0.39 is 19.9 Å². The maximum Gasteiger partial charge on any atom is 0.337 e. The normalized spacial score (nSPS) is 14.8. The van der Waals surface area contributed by atoms with Crippen molar-refractivity contribution < 1.29 is 17.9 Å². The molecule has 0 aliphatic rings. The van der Waals surface area contributed by atoms with Crippen molar-refractivity contribution >= 4 is 27.6 Å². The Morgan fingerprint density at radius 3 is 2.33 bits per heavy atom. The Labute approximate surface area is 112 Å². The highest BCUT2D eigenvalue weighted by Gasteiger charge is 2.48. The predicted octanol–water partition coefficient (Wildman–Crippen LogP) is 2.10. The van der Waals surface area contributed by atoms with Gasteiger partial charge in [-0.3, -0.25) is 0 Å². The van der Waals surface area contributed by atoms with Crippen LogP contribution in [0.15, 0.2) is 35.2 Å². The Hall–Kier alpha value is -1.01. The first-order valence-electron chi connectivity index (χ1n) is 5.42. The van der Waals surface area contributed by atoms with Gasteiger partial charge >= 0.3 is 5.97 Å². The predicted molar refractivity (Wildman–Crippen MR) is 72.2 cm³/mol. The zero-order valence-electron chi connectivity index (χ0n) is 10.5. The van der Waals surface area contributed by atoms with Crippen LogP contribution in [0, 0.1) is 0 Å². The molecule has 18 heavy (non-hydrogen) atoms. The molecule has 0 spiro atoms. The van der Waals surface area contributed by atoms with E-state index in [0.717, 1.165) is 11.8 Å². The van der Waals surface area contributed by atoms with Crippen molar-refractivity contribution in [3.8, 4) is 0 Å². The SMILES string of the molecule is CCOC(=O)C(C)(SC)S(=O)(=O)c1ccccc1. The fraction of sp³-hybridized carbons (Fsp3) is 0.417. The first kappa shape index (κ1) is 15.0. The molecule has 0 aromatic heterocycles. The summed E-state index contributed by atoms with van der Waals surface area (Å²) < 4.78 is 28.2. The highest BCUT2D eigenvalue weighted by atomic mass is 32.3. The molecule has 0 aliphatic heterocycles. The topological polar surface area (TPSA) is 60.4 Å². The fourth-order valence-electron chi connectivity index (χ4n) is 1.39. The van der Waals surface area contributed by atoms with Crippen LogP contribution in [-0.2, 0) is 19.4 Å². The summed E-state index contributed by atoms with van der Waals surface area (Å²) in [6.07, 6.45) is 1.58. The summed E-state index contributed by atoms with van der Waals surface area (Å²) in [7, 11) is -3.78. The highest BCUT2D eigenvalue weighted by Crippen LogP contribution is 2.35. The maximum atomic E-state index is 12.5. The Morgan fingerprint density at radius 1 is 1.33 bits per heavy atom. The molecule has 4 nitrogen and oxygen atoms in total. The summed E-state index contributed by atoms with van der Waals surface area (Å²) in [6.45, 7) is 3.17. The van der Waals surface area contributed by atoms with E-state index >= 15 is 0 Å². The van der Waals surface area contributed by atoms with Gasteiger partial charge in [-0.15, -0.1) is 11.8 Å². The molecule has 1 aromatic rings. The minimum Gasteiger partial charge on any atom is -0.464 e. The monoisotopic (exact) mass is 288 g/mol. The lowest BCUT2D eigenvalue weighted by Crippen LogP contribution is -2.41. The van der Waals surface area contributed by atoms with Crippen LogP contribution in [0.4, 0.5) is 0 Å². The lowest BCUT2D eigenvalue weighted by Gasteiger charge is -2.24. The van der Waals surface area contributed by atoms with E-state index in [-0.39, 0.29) is 11.5 Å². The third kappa shape index (κ3) is 2.54. The van der Waals surface area contributed by atoms with Crippen molar-refractivity contribution in [2.24, 2.45) is 0 Å². The fourth-order valence-corrected chi connectivity index (χ4v) is 4.02. The zero-order chi connectivity index (χ0) is 13.8. The van der Waals surface area contributed by atoms with Gasteiger partial charge in [-0.1, -0.05) is 18.2 Å². The molecular formula is C12H16O4S2.